The number of nitrogens with one attached hydrogen (secondary N) is 1. The average Bonchev–Trinajstić information content (AvgIpc) is 2.67. The summed E-state index contributed by atoms with van der Waals surface area (Å²) in [4.78, 5) is 0. The van der Waals surface area contributed by atoms with Crippen molar-refractivity contribution in [1.82, 2.24) is 5.32 Å². The molecule has 0 bridgehead atoms. The van der Waals surface area contributed by atoms with Crippen molar-refractivity contribution in [2.45, 2.75) is 57.9 Å². The highest BCUT2D eigenvalue weighted by molar-refractivity contribution is 4.91. The molecule has 0 aliphatic heterocycles. The molecule has 1 heteroatoms. The van der Waals surface area contributed by atoms with Crippen molar-refractivity contribution in [3.8, 4) is 12.3 Å². The minimum Gasteiger partial charge on any atom is -0.313 e. The van der Waals surface area contributed by atoms with Crippen LogP contribution < -0.4 is 5.32 Å². The third kappa shape index (κ3) is 4.15. The molecule has 0 aromatic rings. The summed E-state index contributed by atoms with van der Waals surface area (Å²) in [7, 11) is 0. The zero-order chi connectivity index (χ0) is 10.2. The van der Waals surface area contributed by atoms with Crippen LogP contribution in [0.3, 0.4) is 0 Å². The molecule has 1 fully saturated rings. The minimum absolute atomic E-state index is 0.572. The molecule has 1 atom stereocenters. The van der Waals surface area contributed by atoms with Gasteiger partial charge in [0, 0.05) is 12.5 Å². The molecule has 0 amide bonds. The molecule has 1 aliphatic carbocycles. The maximum absolute atomic E-state index is 5.39. The van der Waals surface area contributed by atoms with E-state index in [2.05, 4.69) is 18.2 Å². The summed E-state index contributed by atoms with van der Waals surface area (Å²) in [5, 5.41) is 3.55. The van der Waals surface area contributed by atoms with Crippen LogP contribution in [0, 0.1) is 18.3 Å². The molecule has 0 spiro atoms. The van der Waals surface area contributed by atoms with Crippen LogP contribution in [-0.4, -0.2) is 12.6 Å². The van der Waals surface area contributed by atoms with E-state index in [0.29, 0.717) is 6.04 Å². The Bertz CT molecular complexity index is 174. The van der Waals surface area contributed by atoms with E-state index in [-0.39, 0.29) is 0 Å². The number of terminal acetylenes is 1. The van der Waals surface area contributed by atoms with Crippen LogP contribution in [0.4, 0.5) is 0 Å². The van der Waals surface area contributed by atoms with Gasteiger partial charge in [-0.3, -0.25) is 0 Å². The van der Waals surface area contributed by atoms with E-state index < -0.39 is 0 Å². The average molecular weight is 193 g/mol. The van der Waals surface area contributed by atoms with Crippen molar-refractivity contribution in [2.75, 3.05) is 6.54 Å². The first-order valence-corrected chi connectivity index (χ1v) is 6.03. The summed E-state index contributed by atoms with van der Waals surface area (Å²) in [6, 6.07) is 0.572. The lowest BCUT2D eigenvalue weighted by atomic mass is 9.96. The Morgan fingerprint density at radius 2 is 2.14 bits per heavy atom. The highest BCUT2D eigenvalue weighted by Crippen LogP contribution is 2.29. The molecular formula is C13H23N. The van der Waals surface area contributed by atoms with Crippen molar-refractivity contribution in [3.05, 3.63) is 0 Å². The summed E-state index contributed by atoms with van der Waals surface area (Å²) in [5.74, 6) is 3.73. The van der Waals surface area contributed by atoms with Crippen LogP contribution in [0.25, 0.3) is 0 Å². The van der Waals surface area contributed by atoms with Crippen molar-refractivity contribution in [3.63, 3.8) is 0 Å². The van der Waals surface area contributed by atoms with E-state index in [4.69, 9.17) is 6.42 Å². The van der Waals surface area contributed by atoms with Gasteiger partial charge in [0.1, 0.15) is 0 Å². The lowest BCUT2D eigenvalue weighted by Crippen LogP contribution is -2.31. The third-order valence-electron chi connectivity index (χ3n) is 3.14. The number of hydrogen-bond donors (Lipinski definition) is 1. The van der Waals surface area contributed by atoms with Crippen LogP contribution in [0.15, 0.2) is 0 Å². The van der Waals surface area contributed by atoms with E-state index in [1.54, 1.807) is 0 Å². The Kier molecular flexibility index (Phi) is 5.71. The predicted octanol–water partition coefficient (Wildman–Crippen LogP) is 2.96. The fourth-order valence-corrected chi connectivity index (χ4v) is 2.38. The fraction of sp³-hybridized carbons (Fsp3) is 0.846. The Morgan fingerprint density at radius 1 is 1.43 bits per heavy atom. The van der Waals surface area contributed by atoms with E-state index in [9.17, 15) is 0 Å². The quantitative estimate of drug-likeness (QED) is 0.639. The molecule has 1 saturated carbocycles. The maximum Gasteiger partial charge on any atom is 0.0240 e. The van der Waals surface area contributed by atoms with Crippen LogP contribution in [0.1, 0.15) is 51.9 Å². The van der Waals surface area contributed by atoms with E-state index in [0.717, 1.165) is 18.9 Å². The fourth-order valence-electron chi connectivity index (χ4n) is 2.38. The van der Waals surface area contributed by atoms with Crippen molar-refractivity contribution < 1.29 is 0 Å². The Balaban J connectivity index is 2.22. The van der Waals surface area contributed by atoms with E-state index >= 15 is 0 Å². The van der Waals surface area contributed by atoms with Gasteiger partial charge < -0.3 is 5.32 Å². The largest absolute Gasteiger partial charge is 0.313 e. The molecule has 0 aromatic carbocycles. The van der Waals surface area contributed by atoms with Crippen molar-refractivity contribution in [1.29, 1.82) is 0 Å². The first-order chi connectivity index (χ1) is 6.86. The Morgan fingerprint density at radius 3 is 2.71 bits per heavy atom. The first kappa shape index (κ1) is 11.6. The topological polar surface area (TPSA) is 12.0 Å². The molecule has 0 saturated heterocycles. The van der Waals surface area contributed by atoms with Gasteiger partial charge in [-0.2, -0.15) is 0 Å². The van der Waals surface area contributed by atoms with Gasteiger partial charge in [-0.05, 0) is 25.3 Å². The smallest absolute Gasteiger partial charge is 0.0240 e. The maximum atomic E-state index is 5.39. The molecule has 0 radical (unpaired) electrons. The number of rotatable bonds is 6. The molecule has 14 heavy (non-hydrogen) atoms. The molecule has 80 valence electrons. The van der Waals surface area contributed by atoms with Crippen LogP contribution in [0.2, 0.25) is 0 Å². The van der Waals surface area contributed by atoms with Gasteiger partial charge >= 0.3 is 0 Å². The van der Waals surface area contributed by atoms with Gasteiger partial charge in [-0.25, -0.2) is 0 Å². The molecule has 1 N–H and O–H groups in total. The van der Waals surface area contributed by atoms with Crippen molar-refractivity contribution in [2.24, 2.45) is 5.92 Å². The van der Waals surface area contributed by atoms with Crippen LogP contribution >= 0.6 is 0 Å². The van der Waals surface area contributed by atoms with Gasteiger partial charge in [-0.1, -0.05) is 32.6 Å². The van der Waals surface area contributed by atoms with Gasteiger partial charge in [0.05, 0.1) is 0 Å². The number of hydrogen-bond acceptors (Lipinski definition) is 1. The lowest BCUT2D eigenvalue weighted by molar-refractivity contribution is 0.391. The van der Waals surface area contributed by atoms with Gasteiger partial charge in [0.2, 0.25) is 0 Å². The summed E-state index contributed by atoms with van der Waals surface area (Å²) >= 11 is 0. The monoisotopic (exact) mass is 193 g/mol. The van der Waals surface area contributed by atoms with E-state index in [1.165, 1.54) is 38.5 Å². The highest BCUT2D eigenvalue weighted by Gasteiger charge is 2.18. The Labute approximate surface area is 88.7 Å². The summed E-state index contributed by atoms with van der Waals surface area (Å²) in [6.45, 7) is 3.31. The SMILES string of the molecule is C#CCC(CC1CCCC1)NCCC. The van der Waals surface area contributed by atoms with Gasteiger partial charge in [0.15, 0.2) is 0 Å². The molecule has 1 aliphatic rings. The summed E-state index contributed by atoms with van der Waals surface area (Å²) in [6.07, 6.45) is 14.5. The van der Waals surface area contributed by atoms with Crippen LogP contribution in [0.5, 0.6) is 0 Å². The van der Waals surface area contributed by atoms with Crippen LogP contribution in [-0.2, 0) is 0 Å². The summed E-state index contributed by atoms with van der Waals surface area (Å²) in [5.41, 5.74) is 0. The zero-order valence-electron chi connectivity index (χ0n) is 9.39. The molecule has 1 unspecified atom stereocenters. The summed E-state index contributed by atoms with van der Waals surface area (Å²) < 4.78 is 0. The molecule has 1 rings (SSSR count). The first-order valence-electron chi connectivity index (χ1n) is 6.03. The standard InChI is InChI=1S/C13H23N/c1-3-7-13(14-10-4-2)11-12-8-5-6-9-12/h1,12-14H,4-11H2,2H3. The zero-order valence-corrected chi connectivity index (χ0v) is 9.39. The minimum atomic E-state index is 0.572. The van der Waals surface area contributed by atoms with E-state index in [1.807, 2.05) is 0 Å². The molecule has 0 heterocycles. The predicted molar refractivity (Wildman–Crippen MR) is 62.1 cm³/mol. The van der Waals surface area contributed by atoms with Crippen molar-refractivity contribution >= 4 is 0 Å². The second-order valence-electron chi connectivity index (χ2n) is 4.45. The lowest BCUT2D eigenvalue weighted by Gasteiger charge is -2.19. The normalized spacial score (nSPS) is 19.4. The van der Waals surface area contributed by atoms with Gasteiger partial charge in [-0.15, -0.1) is 12.3 Å². The molecular weight excluding hydrogens is 170 g/mol. The Hall–Kier alpha value is -0.480. The van der Waals surface area contributed by atoms with Gasteiger partial charge in [0.25, 0.3) is 0 Å². The highest BCUT2D eigenvalue weighted by atomic mass is 14.9. The molecule has 0 aromatic heterocycles. The second kappa shape index (κ2) is 6.90. The molecule has 1 nitrogen and oxygen atoms in total. The third-order valence-corrected chi connectivity index (χ3v) is 3.14. The second-order valence-corrected chi connectivity index (χ2v) is 4.45.